The first-order valence-electron chi connectivity index (χ1n) is 15.8. The molecule has 2 aliphatic heterocycles. The van der Waals surface area contributed by atoms with Crippen molar-refractivity contribution < 1.29 is 9.59 Å². The van der Waals surface area contributed by atoms with Crippen LogP contribution in [0.1, 0.15) is 93.6 Å². The molecule has 1 spiro atoms. The summed E-state index contributed by atoms with van der Waals surface area (Å²) in [7, 11) is 0. The van der Waals surface area contributed by atoms with Crippen LogP contribution in [-0.2, 0) is 29.1 Å². The molecule has 40 heavy (non-hydrogen) atoms. The summed E-state index contributed by atoms with van der Waals surface area (Å²) in [4.78, 5) is 32.1. The van der Waals surface area contributed by atoms with Gasteiger partial charge in [0.2, 0.25) is 11.8 Å². The molecule has 7 heteroatoms. The Morgan fingerprint density at radius 1 is 1.00 bits per heavy atom. The van der Waals surface area contributed by atoms with Crippen LogP contribution in [0.25, 0.3) is 0 Å². The van der Waals surface area contributed by atoms with Gasteiger partial charge in [-0.15, -0.1) is 0 Å². The maximum absolute atomic E-state index is 13.8. The number of unbranched alkanes of at least 4 members (excludes halogenated alkanes) is 1. The second kappa shape index (κ2) is 12.9. The highest BCUT2D eigenvalue weighted by Crippen LogP contribution is 2.36. The van der Waals surface area contributed by atoms with E-state index in [1.54, 1.807) is 0 Å². The number of nitrogens with one attached hydrogen (secondary N) is 1. The minimum Gasteiger partial charge on any atom is -0.342 e. The molecule has 0 radical (unpaired) electrons. The Hall–Kier alpha value is -2.67. The molecular formula is C33H49N5O2. The lowest BCUT2D eigenvalue weighted by atomic mass is 9.79. The number of carbonyl (C=O) groups excluding carboxylic acids is 2. The Morgan fingerprint density at radius 2 is 1.73 bits per heavy atom. The van der Waals surface area contributed by atoms with E-state index < -0.39 is 5.54 Å². The van der Waals surface area contributed by atoms with Crippen molar-refractivity contribution in [1.82, 2.24) is 24.9 Å². The summed E-state index contributed by atoms with van der Waals surface area (Å²) in [6.07, 6.45) is 11.3. The zero-order chi connectivity index (χ0) is 28.1. The highest BCUT2D eigenvalue weighted by molar-refractivity contribution is 6.00. The number of hydrogen-bond donors (Lipinski definition) is 1. The van der Waals surface area contributed by atoms with Crippen LogP contribution in [0, 0.1) is 19.8 Å². The quantitative estimate of drug-likeness (QED) is 0.445. The molecule has 3 heterocycles. The number of aromatic nitrogens is 2. The van der Waals surface area contributed by atoms with Crippen molar-refractivity contribution in [1.29, 1.82) is 0 Å². The largest absolute Gasteiger partial charge is 0.342 e. The van der Waals surface area contributed by atoms with Gasteiger partial charge in [-0.2, -0.15) is 5.10 Å². The van der Waals surface area contributed by atoms with E-state index in [9.17, 15) is 9.59 Å². The van der Waals surface area contributed by atoms with Gasteiger partial charge in [-0.25, -0.2) is 0 Å². The van der Waals surface area contributed by atoms with Crippen molar-refractivity contribution in [2.45, 2.75) is 116 Å². The standard InChI is InChI=1S/C33H49N5O2/c1-4-5-19-37-31(39)30(23-28-14-10-7-11-15-28)34-32(40)33(37)17-21-36(22-18-33)24-29-25(2)35-38(26(29)3)20-16-27-12-8-6-9-13-27/h6,8-9,12-13,28,30H,4-5,7,10-11,14-24H2,1-3H3,(H,34,40)/t30-/m0/s1. The maximum Gasteiger partial charge on any atom is 0.246 e. The molecule has 2 aromatic rings. The number of benzene rings is 1. The van der Waals surface area contributed by atoms with Gasteiger partial charge in [-0.3, -0.25) is 19.2 Å². The second-order valence-corrected chi connectivity index (χ2v) is 12.5. The summed E-state index contributed by atoms with van der Waals surface area (Å²) in [5.74, 6) is 0.815. The van der Waals surface area contributed by atoms with Crippen LogP contribution in [0.3, 0.4) is 0 Å². The Kier molecular flexibility index (Phi) is 9.29. The first-order chi connectivity index (χ1) is 19.4. The third-order valence-corrected chi connectivity index (χ3v) is 9.89. The number of carbonyl (C=O) groups is 2. The van der Waals surface area contributed by atoms with Gasteiger partial charge in [-0.1, -0.05) is 75.8 Å². The van der Waals surface area contributed by atoms with E-state index in [4.69, 9.17) is 5.10 Å². The predicted octanol–water partition coefficient (Wildman–Crippen LogP) is 5.17. The Bertz CT molecular complexity index is 1150. The number of nitrogens with zero attached hydrogens (tertiary/aromatic N) is 4. The summed E-state index contributed by atoms with van der Waals surface area (Å²) in [5.41, 5.74) is 4.24. The van der Waals surface area contributed by atoms with Crippen LogP contribution >= 0.6 is 0 Å². The average Bonchev–Trinajstić information content (AvgIpc) is 3.24. The Balaban J connectivity index is 1.23. The molecule has 1 aromatic carbocycles. The fourth-order valence-electron chi connectivity index (χ4n) is 7.29. The fraction of sp³-hybridized carbons (Fsp3) is 0.667. The summed E-state index contributed by atoms with van der Waals surface area (Å²) < 4.78 is 2.15. The number of rotatable bonds is 10. The molecule has 0 bridgehead atoms. The normalized spacial score (nSPS) is 22.2. The van der Waals surface area contributed by atoms with Crippen LogP contribution in [0.2, 0.25) is 0 Å². The molecule has 7 nitrogen and oxygen atoms in total. The van der Waals surface area contributed by atoms with E-state index in [0.717, 1.165) is 57.6 Å². The second-order valence-electron chi connectivity index (χ2n) is 12.5. The Morgan fingerprint density at radius 3 is 2.42 bits per heavy atom. The molecule has 3 fully saturated rings. The summed E-state index contributed by atoms with van der Waals surface area (Å²) >= 11 is 0. The van der Waals surface area contributed by atoms with Gasteiger partial charge >= 0.3 is 0 Å². The number of amides is 2. The highest BCUT2D eigenvalue weighted by Gasteiger charge is 2.53. The first-order valence-corrected chi connectivity index (χ1v) is 15.8. The van der Waals surface area contributed by atoms with Crippen molar-refractivity contribution >= 4 is 11.8 Å². The summed E-state index contributed by atoms with van der Waals surface area (Å²) in [6, 6.07) is 10.2. The molecule has 1 aliphatic carbocycles. The molecule has 1 saturated carbocycles. The van der Waals surface area contributed by atoms with Gasteiger partial charge in [0.05, 0.1) is 5.69 Å². The van der Waals surface area contributed by atoms with Crippen LogP contribution in [0.5, 0.6) is 0 Å². The minimum atomic E-state index is -0.699. The maximum atomic E-state index is 13.8. The Labute approximate surface area is 240 Å². The average molecular weight is 548 g/mol. The minimum absolute atomic E-state index is 0.0877. The molecule has 1 N–H and O–H groups in total. The number of likely N-dealkylation sites (tertiary alicyclic amines) is 1. The van der Waals surface area contributed by atoms with Crippen LogP contribution in [0.4, 0.5) is 0 Å². The SMILES string of the molecule is CCCCN1C(=O)[C@H](CC2CCCCC2)NC(=O)C12CCN(Cc1c(C)nn(CCc3ccccc3)c1C)CC2. The van der Waals surface area contributed by atoms with E-state index >= 15 is 0 Å². The van der Waals surface area contributed by atoms with Gasteiger partial charge in [0.1, 0.15) is 11.6 Å². The van der Waals surface area contributed by atoms with Gasteiger partial charge in [-0.05, 0) is 57.4 Å². The van der Waals surface area contributed by atoms with Crippen molar-refractivity contribution in [2.24, 2.45) is 5.92 Å². The van der Waals surface area contributed by atoms with E-state index in [0.29, 0.717) is 25.3 Å². The zero-order valence-corrected chi connectivity index (χ0v) is 25.0. The lowest BCUT2D eigenvalue weighted by molar-refractivity contribution is -0.162. The topological polar surface area (TPSA) is 70.5 Å². The molecule has 1 aromatic heterocycles. The summed E-state index contributed by atoms with van der Waals surface area (Å²) in [6.45, 7) is 10.5. The molecule has 2 amide bonds. The van der Waals surface area contributed by atoms with Crippen molar-refractivity contribution in [3.63, 3.8) is 0 Å². The number of aryl methyl sites for hydroxylation is 3. The third kappa shape index (κ3) is 6.14. The monoisotopic (exact) mass is 547 g/mol. The number of piperidine rings is 1. The lowest BCUT2D eigenvalue weighted by Crippen LogP contribution is -2.73. The van der Waals surface area contributed by atoms with Crippen LogP contribution < -0.4 is 5.32 Å². The third-order valence-electron chi connectivity index (χ3n) is 9.89. The number of piperazine rings is 1. The lowest BCUT2D eigenvalue weighted by Gasteiger charge is -2.52. The van der Waals surface area contributed by atoms with Crippen molar-refractivity contribution in [3.05, 3.63) is 52.8 Å². The molecule has 1 atom stereocenters. The van der Waals surface area contributed by atoms with E-state index in [1.807, 2.05) is 4.90 Å². The predicted molar refractivity (Wildman–Crippen MR) is 159 cm³/mol. The van der Waals surface area contributed by atoms with E-state index in [2.05, 4.69) is 66.0 Å². The van der Waals surface area contributed by atoms with Gasteiger partial charge in [0.15, 0.2) is 0 Å². The molecule has 3 aliphatic rings. The van der Waals surface area contributed by atoms with Gasteiger partial charge in [0, 0.05) is 44.0 Å². The molecule has 218 valence electrons. The molecule has 2 saturated heterocycles. The van der Waals surface area contributed by atoms with E-state index in [-0.39, 0.29) is 17.9 Å². The summed E-state index contributed by atoms with van der Waals surface area (Å²) in [5, 5.41) is 8.10. The molecular weight excluding hydrogens is 498 g/mol. The van der Waals surface area contributed by atoms with E-state index in [1.165, 1.54) is 48.9 Å². The highest BCUT2D eigenvalue weighted by atomic mass is 16.2. The van der Waals surface area contributed by atoms with Crippen molar-refractivity contribution in [2.75, 3.05) is 19.6 Å². The van der Waals surface area contributed by atoms with Gasteiger partial charge in [0.25, 0.3) is 0 Å². The smallest absolute Gasteiger partial charge is 0.246 e. The van der Waals surface area contributed by atoms with Crippen LogP contribution in [-0.4, -0.2) is 62.6 Å². The molecule has 5 rings (SSSR count). The first kappa shape index (κ1) is 28.8. The zero-order valence-electron chi connectivity index (χ0n) is 25.0. The number of hydrogen-bond acceptors (Lipinski definition) is 4. The van der Waals surface area contributed by atoms with Gasteiger partial charge < -0.3 is 10.2 Å². The fourth-order valence-corrected chi connectivity index (χ4v) is 7.29. The van der Waals surface area contributed by atoms with Crippen molar-refractivity contribution in [3.8, 4) is 0 Å². The van der Waals surface area contributed by atoms with Crippen LogP contribution in [0.15, 0.2) is 30.3 Å². The molecule has 0 unspecified atom stereocenters.